The van der Waals surface area contributed by atoms with Crippen molar-refractivity contribution in [1.29, 1.82) is 0 Å². The van der Waals surface area contributed by atoms with E-state index in [1.165, 1.54) is 41.3 Å². The van der Waals surface area contributed by atoms with Crippen LogP contribution in [-0.4, -0.2) is 16.6 Å². The van der Waals surface area contributed by atoms with Crippen LogP contribution in [-0.2, 0) is 12.7 Å². The number of hydrogen-bond donors (Lipinski definition) is 1. The van der Waals surface area contributed by atoms with Crippen molar-refractivity contribution >= 4 is 39.9 Å². The first-order valence-corrected chi connectivity index (χ1v) is 9.71. The zero-order chi connectivity index (χ0) is 18.7. The van der Waals surface area contributed by atoms with Crippen LogP contribution in [0.2, 0.25) is 0 Å². The Bertz CT molecular complexity index is 924. The molecule has 0 unspecified atom stereocenters. The average molecular weight is 396 g/mol. The van der Waals surface area contributed by atoms with Crippen molar-refractivity contribution < 1.29 is 18.0 Å². The summed E-state index contributed by atoms with van der Waals surface area (Å²) < 4.78 is 39.7. The lowest BCUT2D eigenvalue weighted by atomic mass is 10.1. The maximum absolute atomic E-state index is 13.2. The lowest BCUT2D eigenvalue weighted by molar-refractivity contribution is -0.136. The maximum Gasteiger partial charge on any atom is 0.418 e. The van der Waals surface area contributed by atoms with E-state index in [4.69, 9.17) is 0 Å². The molecule has 1 N–H and O–H groups in total. The molecule has 0 fully saturated rings. The van der Waals surface area contributed by atoms with Crippen LogP contribution in [0, 0.1) is 0 Å². The van der Waals surface area contributed by atoms with E-state index < -0.39 is 11.7 Å². The molecule has 3 rings (SSSR count). The Kier molecular flexibility index (Phi) is 5.52. The predicted octanol–water partition coefficient (Wildman–Crippen LogP) is 5.36. The summed E-state index contributed by atoms with van der Waals surface area (Å²) in [6, 6.07) is 9.15. The molecule has 0 bridgehead atoms. The van der Waals surface area contributed by atoms with Gasteiger partial charge >= 0.3 is 6.18 Å². The topological polar surface area (TPSA) is 42.0 Å². The molecule has 8 heteroatoms. The number of halogens is 3. The van der Waals surface area contributed by atoms with Gasteiger partial charge in [0.25, 0.3) is 5.91 Å². The Morgan fingerprint density at radius 3 is 2.73 bits per heavy atom. The van der Waals surface area contributed by atoms with E-state index in [0.717, 1.165) is 10.9 Å². The maximum atomic E-state index is 13.2. The van der Waals surface area contributed by atoms with Crippen LogP contribution >= 0.6 is 23.1 Å². The van der Waals surface area contributed by atoms with E-state index >= 15 is 0 Å². The number of carbonyl (C=O) groups excluding carboxylic acids is 1. The van der Waals surface area contributed by atoms with Crippen molar-refractivity contribution in [3.05, 3.63) is 57.8 Å². The second-order valence-electron chi connectivity index (χ2n) is 5.41. The zero-order valence-electron chi connectivity index (χ0n) is 13.8. The number of alkyl halides is 3. The predicted molar refractivity (Wildman–Crippen MR) is 98.6 cm³/mol. The second-order valence-corrected chi connectivity index (χ2v) is 7.70. The summed E-state index contributed by atoms with van der Waals surface area (Å²) in [5.41, 5.74) is -0.635. The summed E-state index contributed by atoms with van der Waals surface area (Å²) in [5, 5.41) is 5.32. The number of nitrogens with zero attached hydrogens (tertiary/aromatic N) is 1. The number of fused-ring (bicyclic) bond motifs is 1. The Labute approximate surface area is 156 Å². The van der Waals surface area contributed by atoms with Crippen LogP contribution in [0.3, 0.4) is 0 Å². The van der Waals surface area contributed by atoms with E-state index in [0.29, 0.717) is 28.3 Å². The van der Waals surface area contributed by atoms with Crippen molar-refractivity contribution in [2.45, 2.75) is 24.7 Å². The van der Waals surface area contributed by atoms with Crippen LogP contribution in [0.15, 0.2) is 46.8 Å². The number of hydrogen-bond acceptors (Lipinski definition) is 4. The summed E-state index contributed by atoms with van der Waals surface area (Å²) in [7, 11) is 0. The highest BCUT2D eigenvalue weighted by molar-refractivity contribution is 7.99. The molecule has 0 radical (unpaired) electrons. The van der Waals surface area contributed by atoms with Gasteiger partial charge in [0, 0.05) is 10.3 Å². The first kappa shape index (κ1) is 18.7. The Balaban J connectivity index is 2.01. The van der Waals surface area contributed by atoms with E-state index in [1.807, 2.05) is 24.4 Å². The molecular formula is C18H15F3N2OS2. The number of rotatable bonds is 5. The van der Waals surface area contributed by atoms with Crippen molar-refractivity contribution in [2.75, 3.05) is 5.75 Å². The average Bonchev–Trinajstić information content (AvgIpc) is 3.11. The SMILES string of the molecule is CCSc1nc2c(C(F)(F)F)cccc2cc1C(=O)NCc1cccs1. The van der Waals surface area contributed by atoms with Crippen molar-refractivity contribution in [3.8, 4) is 0 Å². The van der Waals surface area contributed by atoms with Gasteiger partial charge in [0.15, 0.2) is 0 Å². The van der Waals surface area contributed by atoms with E-state index in [1.54, 1.807) is 0 Å². The van der Waals surface area contributed by atoms with Gasteiger partial charge < -0.3 is 5.32 Å². The van der Waals surface area contributed by atoms with Crippen LogP contribution in [0.5, 0.6) is 0 Å². The van der Waals surface area contributed by atoms with Crippen molar-refractivity contribution in [1.82, 2.24) is 10.3 Å². The molecule has 1 aromatic carbocycles. The summed E-state index contributed by atoms with van der Waals surface area (Å²) in [5.74, 6) is 0.249. The van der Waals surface area contributed by atoms with Gasteiger partial charge in [-0.25, -0.2) is 4.98 Å². The van der Waals surface area contributed by atoms with E-state index in [2.05, 4.69) is 10.3 Å². The van der Waals surface area contributed by atoms with Gasteiger partial charge in [0.05, 0.1) is 23.2 Å². The van der Waals surface area contributed by atoms with E-state index in [-0.39, 0.29) is 11.4 Å². The lowest BCUT2D eigenvalue weighted by Crippen LogP contribution is -2.23. The fourth-order valence-corrected chi connectivity index (χ4v) is 3.88. The minimum absolute atomic E-state index is 0.134. The molecule has 136 valence electrons. The smallest absolute Gasteiger partial charge is 0.347 e. The molecule has 0 aliphatic heterocycles. The minimum Gasteiger partial charge on any atom is -0.347 e. The first-order valence-electron chi connectivity index (χ1n) is 7.84. The summed E-state index contributed by atoms with van der Waals surface area (Å²) >= 11 is 2.77. The van der Waals surface area contributed by atoms with Crippen LogP contribution < -0.4 is 5.32 Å². The number of thiophene rings is 1. The van der Waals surface area contributed by atoms with Gasteiger partial charge in [-0.15, -0.1) is 23.1 Å². The number of benzene rings is 1. The highest BCUT2D eigenvalue weighted by Gasteiger charge is 2.33. The fraction of sp³-hybridized carbons (Fsp3) is 0.222. The largest absolute Gasteiger partial charge is 0.418 e. The molecule has 1 amide bonds. The summed E-state index contributed by atoms with van der Waals surface area (Å²) in [6.07, 6.45) is -4.50. The van der Waals surface area contributed by atoms with Gasteiger partial charge in [-0.2, -0.15) is 13.2 Å². The molecule has 0 atom stereocenters. The first-order chi connectivity index (χ1) is 12.4. The van der Waals surface area contributed by atoms with Gasteiger partial charge in [-0.1, -0.05) is 25.1 Å². The molecule has 0 saturated heterocycles. The molecule has 0 saturated carbocycles. The monoisotopic (exact) mass is 396 g/mol. The highest BCUT2D eigenvalue weighted by atomic mass is 32.2. The standard InChI is InChI=1S/C18H15F3N2OS2/c1-2-25-17-13(16(24)22-10-12-6-4-8-26-12)9-11-5-3-7-14(15(11)23-17)18(19,20)21/h3-9H,2,10H2,1H3,(H,22,24). The summed E-state index contributed by atoms with van der Waals surface area (Å²) in [6.45, 7) is 2.23. The van der Waals surface area contributed by atoms with Gasteiger partial charge in [0.2, 0.25) is 0 Å². The third kappa shape index (κ3) is 4.02. The van der Waals surface area contributed by atoms with Crippen LogP contribution in [0.25, 0.3) is 10.9 Å². The molecule has 0 aliphatic rings. The Morgan fingerprint density at radius 1 is 1.27 bits per heavy atom. The fourth-order valence-electron chi connectivity index (χ4n) is 2.50. The third-order valence-corrected chi connectivity index (χ3v) is 5.39. The van der Waals surface area contributed by atoms with Crippen LogP contribution in [0.1, 0.15) is 27.7 Å². The Morgan fingerprint density at radius 2 is 2.08 bits per heavy atom. The molecule has 0 spiro atoms. The van der Waals surface area contributed by atoms with Gasteiger partial charge in [-0.3, -0.25) is 4.79 Å². The number of pyridine rings is 1. The molecule has 26 heavy (non-hydrogen) atoms. The number of para-hydroxylation sites is 1. The van der Waals surface area contributed by atoms with E-state index in [9.17, 15) is 18.0 Å². The van der Waals surface area contributed by atoms with Crippen LogP contribution in [0.4, 0.5) is 13.2 Å². The van der Waals surface area contributed by atoms with Crippen molar-refractivity contribution in [3.63, 3.8) is 0 Å². The van der Waals surface area contributed by atoms with Crippen molar-refractivity contribution in [2.24, 2.45) is 0 Å². The molecule has 0 aliphatic carbocycles. The zero-order valence-corrected chi connectivity index (χ0v) is 15.4. The highest BCUT2D eigenvalue weighted by Crippen LogP contribution is 2.35. The minimum atomic E-state index is -4.50. The number of amides is 1. The normalized spacial score (nSPS) is 11.7. The Hall–Kier alpha value is -2.06. The third-order valence-electron chi connectivity index (χ3n) is 3.65. The number of carbonyl (C=O) groups is 1. The van der Waals surface area contributed by atoms with Gasteiger partial charge in [0.1, 0.15) is 5.03 Å². The summed E-state index contributed by atoms with van der Waals surface area (Å²) in [4.78, 5) is 17.8. The lowest BCUT2D eigenvalue weighted by Gasteiger charge is -2.13. The quantitative estimate of drug-likeness (QED) is 0.591. The molecule has 3 nitrogen and oxygen atoms in total. The molecule has 3 aromatic rings. The molecular weight excluding hydrogens is 381 g/mol. The molecule has 2 aromatic heterocycles. The van der Waals surface area contributed by atoms with Gasteiger partial charge in [-0.05, 0) is 29.3 Å². The number of thioether (sulfide) groups is 1. The molecule has 2 heterocycles. The number of nitrogens with one attached hydrogen (secondary N) is 1. The second kappa shape index (κ2) is 7.67. The number of aromatic nitrogens is 1.